The average Bonchev–Trinajstić information content (AvgIpc) is 3.26. The number of aromatic nitrogens is 2. The van der Waals surface area contributed by atoms with Crippen LogP contribution in [0.15, 0.2) is 42.5 Å². The number of benzene rings is 2. The number of hydrogen-bond acceptors (Lipinski definition) is 7. The average molecular weight is 656 g/mol. The lowest BCUT2D eigenvalue weighted by Crippen LogP contribution is -2.45. The molecule has 1 aromatic heterocycles. The van der Waals surface area contributed by atoms with E-state index in [4.69, 9.17) is 55.2 Å². The van der Waals surface area contributed by atoms with Gasteiger partial charge in [-0.15, -0.1) is 0 Å². The van der Waals surface area contributed by atoms with Crippen molar-refractivity contribution in [3.8, 4) is 16.9 Å². The zero-order chi connectivity index (χ0) is 31.9. The largest absolute Gasteiger partial charge is 0.481 e. The Bertz CT molecular complexity index is 1490. The first-order valence-corrected chi connectivity index (χ1v) is 14.1. The van der Waals surface area contributed by atoms with E-state index in [2.05, 4.69) is 10.5 Å². The van der Waals surface area contributed by atoms with Gasteiger partial charge in [-0.3, -0.25) is 19.8 Å². The number of carbonyl (C=O) groups excluding carboxylic acids is 1. The molecule has 1 fully saturated rings. The second-order valence-electron chi connectivity index (χ2n) is 9.80. The Labute approximate surface area is 261 Å². The fourth-order valence-electron chi connectivity index (χ4n) is 4.40. The van der Waals surface area contributed by atoms with Gasteiger partial charge in [0, 0.05) is 34.3 Å². The predicted molar refractivity (Wildman–Crippen MR) is 159 cm³/mol. The van der Waals surface area contributed by atoms with Crippen LogP contribution in [0.25, 0.3) is 16.9 Å². The van der Waals surface area contributed by atoms with Gasteiger partial charge in [0.15, 0.2) is 11.3 Å². The minimum atomic E-state index is -2.74. The van der Waals surface area contributed by atoms with Crippen molar-refractivity contribution >= 4 is 58.6 Å². The molecule has 5 N–H and O–H groups in total. The van der Waals surface area contributed by atoms with Gasteiger partial charge in [-0.1, -0.05) is 53.4 Å². The molecule has 1 amide bonds. The molecule has 0 bridgehead atoms. The van der Waals surface area contributed by atoms with Crippen molar-refractivity contribution in [3.05, 3.63) is 68.8 Å². The van der Waals surface area contributed by atoms with E-state index in [1.807, 2.05) is 36.2 Å². The number of hydrazine groups is 1. The number of amides is 1. The van der Waals surface area contributed by atoms with Crippen molar-refractivity contribution in [2.45, 2.75) is 44.6 Å². The minimum Gasteiger partial charge on any atom is -0.481 e. The summed E-state index contributed by atoms with van der Waals surface area (Å²) in [6.07, 6.45) is 1.05. The highest BCUT2D eigenvalue weighted by Gasteiger charge is 2.40. The summed E-state index contributed by atoms with van der Waals surface area (Å²) in [5.74, 6) is -5.25. The molecule has 0 atom stereocenters. The lowest BCUT2D eigenvalue weighted by atomic mass is 9.96. The van der Waals surface area contributed by atoms with E-state index in [0.29, 0.717) is 26.4 Å². The summed E-state index contributed by atoms with van der Waals surface area (Å²) in [4.78, 5) is 43.5. The monoisotopic (exact) mass is 654 g/mol. The molecule has 15 heteroatoms. The van der Waals surface area contributed by atoms with Gasteiger partial charge < -0.3 is 20.4 Å². The standard InChI is InChI=1S/C22H21Cl3N4O.C6H8O7/c1-14-20(22(30)27-28-11-3-2-4-12-28)26-29(19-10-9-17(24)13-18(19)25)21(14)15-5-7-16(23)8-6-15;7-3(8)1-6(13,5(11)12)2-4(9)10/h5-10,13H,2-4,11-12H2,1H3,(H,27,30);13H,1-2H2,(H,7,8)(H,9,10)(H,11,12). The van der Waals surface area contributed by atoms with Gasteiger partial charge in [0.05, 0.1) is 29.2 Å². The molecule has 0 spiro atoms. The molecular weight excluding hydrogens is 627 g/mol. The van der Waals surface area contributed by atoms with Crippen LogP contribution in [0.4, 0.5) is 0 Å². The van der Waals surface area contributed by atoms with Crippen molar-refractivity contribution in [1.29, 1.82) is 0 Å². The van der Waals surface area contributed by atoms with Crippen LogP contribution in [0, 0.1) is 6.92 Å². The molecule has 0 radical (unpaired) electrons. The van der Waals surface area contributed by atoms with Gasteiger partial charge in [0.1, 0.15) is 0 Å². The highest BCUT2D eigenvalue weighted by atomic mass is 35.5. The van der Waals surface area contributed by atoms with Gasteiger partial charge in [0.25, 0.3) is 5.91 Å². The quantitative estimate of drug-likeness (QED) is 0.217. The number of carboxylic acids is 3. The summed E-state index contributed by atoms with van der Waals surface area (Å²) in [5, 5.41) is 42.0. The minimum absolute atomic E-state index is 0.228. The number of aliphatic hydroxyl groups is 1. The highest BCUT2D eigenvalue weighted by molar-refractivity contribution is 6.35. The molecule has 43 heavy (non-hydrogen) atoms. The summed E-state index contributed by atoms with van der Waals surface area (Å²) < 4.78 is 1.70. The van der Waals surface area contributed by atoms with Crippen LogP contribution in [0.5, 0.6) is 0 Å². The van der Waals surface area contributed by atoms with Gasteiger partial charge in [-0.2, -0.15) is 5.10 Å². The van der Waals surface area contributed by atoms with E-state index < -0.39 is 36.4 Å². The highest BCUT2D eigenvalue weighted by Crippen LogP contribution is 2.33. The summed E-state index contributed by atoms with van der Waals surface area (Å²) in [5.41, 5.74) is 3.68. The number of nitrogens with zero attached hydrogens (tertiary/aromatic N) is 3. The van der Waals surface area contributed by atoms with Crippen LogP contribution in [0.2, 0.25) is 15.1 Å². The van der Waals surface area contributed by atoms with E-state index in [-0.39, 0.29) is 5.91 Å². The summed E-state index contributed by atoms with van der Waals surface area (Å²) in [6.45, 7) is 3.58. The summed E-state index contributed by atoms with van der Waals surface area (Å²) in [6, 6.07) is 12.6. The molecule has 2 heterocycles. The number of rotatable bonds is 9. The van der Waals surface area contributed by atoms with Gasteiger partial charge in [-0.05, 0) is 50.1 Å². The smallest absolute Gasteiger partial charge is 0.336 e. The maximum Gasteiger partial charge on any atom is 0.336 e. The normalized spacial score (nSPS) is 13.5. The van der Waals surface area contributed by atoms with E-state index in [9.17, 15) is 19.2 Å². The molecule has 0 saturated carbocycles. The molecule has 1 aliphatic rings. The summed E-state index contributed by atoms with van der Waals surface area (Å²) in [7, 11) is 0. The molecule has 1 saturated heterocycles. The summed E-state index contributed by atoms with van der Waals surface area (Å²) >= 11 is 18.6. The third kappa shape index (κ3) is 8.91. The second-order valence-corrected chi connectivity index (χ2v) is 11.1. The third-order valence-corrected chi connectivity index (χ3v) is 7.28. The lowest BCUT2D eigenvalue weighted by molar-refractivity contribution is -0.170. The molecule has 4 rings (SSSR count). The van der Waals surface area contributed by atoms with E-state index in [1.54, 1.807) is 22.9 Å². The Morgan fingerprint density at radius 1 is 0.884 bits per heavy atom. The van der Waals surface area contributed by atoms with Gasteiger partial charge >= 0.3 is 17.9 Å². The molecule has 1 aliphatic heterocycles. The van der Waals surface area contributed by atoms with Crippen LogP contribution < -0.4 is 5.43 Å². The molecule has 0 aliphatic carbocycles. The topological polar surface area (TPSA) is 182 Å². The first kappa shape index (κ1) is 33.8. The molecule has 0 unspecified atom stereocenters. The second kappa shape index (κ2) is 14.7. The Morgan fingerprint density at radius 2 is 1.44 bits per heavy atom. The van der Waals surface area contributed by atoms with E-state index >= 15 is 0 Å². The van der Waals surface area contributed by atoms with Crippen LogP contribution >= 0.6 is 34.8 Å². The number of hydrogen-bond donors (Lipinski definition) is 5. The van der Waals surface area contributed by atoms with Crippen LogP contribution in [-0.4, -0.2) is 77.7 Å². The van der Waals surface area contributed by atoms with Gasteiger partial charge in [-0.25, -0.2) is 14.5 Å². The Hall–Kier alpha value is -3.68. The number of carbonyl (C=O) groups is 4. The molecule has 230 valence electrons. The molecular formula is C28H29Cl3N4O8. The Kier molecular flexibility index (Phi) is 11.5. The fourth-order valence-corrected chi connectivity index (χ4v) is 5.02. The van der Waals surface area contributed by atoms with Crippen molar-refractivity contribution in [2.24, 2.45) is 0 Å². The predicted octanol–water partition coefficient (Wildman–Crippen LogP) is 4.69. The van der Waals surface area contributed by atoms with Crippen LogP contribution in [0.3, 0.4) is 0 Å². The third-order valence-electron chi connectivity index (χ3n) is 6.49. The van der Waals surface area contributed by atoms with E-state index in [0.717, 1.165) is 42.8 Å². The number of aliphatic carboxylic acids is 3. The molecule has 12 nitrogen and oxygen atoms in total. The van der Waals surface area contributed by atoms with Crippen molar-refractivity contribution in [2.75, 3.05) is 13.1 Å². The van der Waals surface area contributed by atoms with Crippen molar-refractivity contribution in [3.63, 3.8) is 0 Å². The van der Waals surface area contributed by atoms with E-state index in [1.165, 1.54) is 6.42 Å². The van der Waals surface area contributed by atoms with Crippen molar-refractivity contribution < 1.29 is 39.6 Å². The van der Waals surface area contributed by atoms with Gasteiger partial charge in [0.2, 0.25) is 0 Å². The SMILES string of the molecule is Cc1c(C(=O)NN2CCCCC2)nn(-c2ccc(Cl)cc2Cl)c1-c1ccc(Cl)cc1.O=C(O)CC(O)(CC(=O)O)C(=O)O. The maximum absolute atomic E-state index is 13.1. The maximum atomic E-state index is 13.1. The fraction of sp³-hybridized carbons (Fsp3) is 0.321. The van der Waals surface area contributed by atoms with Crippen LogP contribution in [0.1, 0.15) is 48.2 Å². The molecule has 3 aromatic rings. The number of carboxylic acid groups (broad SMARTS) is 3. The number of nitrogens with one attached hydrogen (secondary N) is 1. The first-order valence-electron chi connectivity index (χ1n) is 13.0. The Morgan fingerprint density at radius 3 is 1.95 bits per heavy atom. The first-order chi connectivity index (χ1) is 20.2. The number of halogens is 3. The lowest BCUT2D eigenvalue weighted by Gasteiger charge is -2.26. The van der Waals surface area contributed by atoms with Crippen molar-refractivity contribution in [1.82, 2.24) is 20.2 Å². The molecule has 2 aromatic carbocycles. The Balaban J connectivity index is 0.000000331. The zero-order valence-electron chi connectivity index (χ0n) is 22.9. The number of piperidine rings is 1. The zero-order valence-corrected chi connectivity index (χ0v) is 25.2. The van der Waals surface area contributed by atoms with Crippen LogP contribution in [-0.2, 0) is 14.4 Å².